The molecule has 4 aromatic rings. The summed E-state index contributed by atoms with van der Waals surface area (Å²) >= 11 is 2.78. The quantitative estimate of drug-likeness (QED) is 0.337. The first-order valence-corrected chi connectivity index (χ1v) is 10.1. The molecule has 0 radical (unpaired) electrons. The van der Waals surface area contributed by atoms with E-state index in [2.05, 4.69) is 30.8 Å². The molecule has 29 heavy (non-hydrogen) atoms. The number of aromatic nitrogens is 4. The first-order valence-electron chi connectivity index (χ1n) is 8.50. The SMILES string of the molecule is Cc1cc(C)nc(NNc2ncnc3sc(Sc4ccccc4[N+](=O)[O-])cc23)n1. The lowest BCUT2D eigenvalue weighted by Crippen LogP contribution is -2.13. The van der Waals surface area contributed by atoms with Crippen LogP contribution in [0.1, 0.15) is 11.4 Å². The Hall–Kier alpha value is -3.31. The Labute approximate surface area is 173 Å². The molecule has 0 bridgehead atoms. The maximum atomic E-state index is 11.2. The minimum atomic E-state index is -0.379. The van der Waals surface area contributed by atoms with Crippen LogP contribution in [0.3, 0.4) is 0 Å². The fourth-order valence-electron chi connectivity index (χ4n) is 2.68. The summed E-state index contributed by atoms with van der Waals surface area (Å²) < 4.78 is 0.875. The molecule has 0 saturated heterocycles. The van der Waals surface area contributed by atoms with E-state index in [1.165, 1.54) is 35.5 Å². The van der Waals surface area contributed by atoms with Crippen LogP contribution in [0.25, 0.3) is 10.2 Å². The molecule has 3 heterocycles. The number of benzene rings is 1. The average molecular weight is 425 g/mol. The summed E-state index contributed by atoms with van der Waals surface area (Å²) in [6.45, 7) is 3.79. The van der Waals surface area contributed by atoms with Gasteiger partial charge in [-0.05, 0) is 32.0 Å². The molecule has 0 spiro atoms. The van der Waals surface area contributed by atoms with E-state index in [0.29, 0.717) is 16.7 Å². The summed E-state index contributed by atoms with van der Waals surface area (Å²) in [7, 11) is 0. The first-order chi connectivity index (χ1) is 14.0. The second-order valence-corrected chi connectivity index (χ2v) is 8.43. The van der Waals surface area contributed by atoms with Gasteiger partial charge in [0.05, 0.1) is 19.4 Å². The van der Waals surface area contributed by atoms with Gasteiger partial charge < -0.3 is 0 Å². The summed E-state index contributed by atoms with van der Waals surface area (Å²) in [6, 6.07) is 10.5. The van der Waals surface area contributed by atoms with Crippen LogP contribution in [-0.2, 0) is 0 Å². The van der Waals surface area contributed by atoms with Gasteiger partial charge in [-0.3, -0.25) is 21.0 Å². The summed E-state index contributed by atoms with van der Waals surface area (Å²) in [6.07, 6.45) is 1.46. The molecule has 1 aromatic carbocycles. The molecule has 146 valence electrons. The minimum Gasteiger partial charge on any atom is -0.281 e. The third kappa shape index (κ3) is 4.25. The highest BCUT2D eigenvalue weighted by molar-refractivity contribution is 8.01. The molecule has 4 rings (SSSR count). The van der Waals surface area contributed by atoms with Gasteiger partial charge in [-0.1, -0.05) is 23.9 Å². The Bertz CT molecular complexity index is 1190. The van der Waals surface area contributed by atoms with E-state index in [9.17, 15) is 10.1 Å². The standard InChI is InChI=1S/C18H15N7O2S2/c1-10-7-11(2)22-18(21-10)24-23-16-12-8-15(29-17(12)20-9-19-16)28-14-6-4-3-5-13(14)25(26)27/h3-9H,1-2H3,(H,19,20,23)(H,21,22,24). The van der Waals surface area contributed by atoms with Gasteiger partial charge in [0, 0.05) is 17.5 Å². The van der Waals surface area contributed by atoms with E-state index in [1.54, 1.807) is 18.2 Å². The highest BCUT2D eigenvalue weighted by Crippen LogP contribution is 2.41. The third-order valence-electron chi connectivity index (χ3n) is 3.85. The van der Waals surface area contributed by atoms with Gasteiger partial charge in [0.15, 0.2) is 5.82 Å². The highest BCUT2D eigenvalue weighted by atomic mass is 32.2. The number of nitro groups is 1. The predicted molar refractivity (Wildman–Crippen MR) is 113 cm³/mol. The van der Waals surface area contributed by atoms with Gasteiger partial charge in [-0.25, -0.2) is 19.9 Å². The lowest BCUT2D eigenvalue weighted by molar-refractivity contribution is -0.387. The van der Waals surface area contributed by atoms with Crippen molar-refractivity contribution in [1.29, 1.82) is 0 Å². The van der Waals surface area contributed by atoms with Crippen molar-refractivity contribution in [2.24, 2.45) is 0 Å². The molecule has 0 aliphatic carbocycles. The minimum absolute atomic E-state index is 0.0769. The molecule has 9 nitrogen and oxygen atoms in total. The van der Waals surface area contributed by atoms with Crippen LogP contribution in [0.5, 0.6) is 0 Å². The number of rotatable bonds is 6. The topological polar surface area (TPSA) is 119 Å². The largest absolute Gasteiger partial charge is 0.283 e. The summed E-state index contributed by atoms with van der Waals surface area (Å²) in [5.74, 6) is 1.02. The zero-order valence-corrected chi connectivity index (χ0v) is 17.0. The van der Waals surface area contributed by atoms with E-state index in [1.807, 2.05) is 26.0 Å². The predicted octanol–water partition coefficient (Wildman–Crippen LogP) is 4.60. The van der Waals surface area contributed by atoms with Gasteiger partial charge in [-0.15, -0.1) is 11.3 Å². The highest BCUT2D eigenvalue weighted by Gasteiger charge is 2.16. The van der Waals surface area contributed by atoms with Crippen molar-refractivity contribution >= 4 is 50.8 Å². The number of hydrogen-bond acceptors (Lipinski definition) is 10. The van der Waals surface area contributed by atoms with Crippen LogP contribution in [0.2, 0.25) is 0 Å². The van der Waals surface area contributed by atoms with Gasteiger partial charge in [-0.2, -0.15) is 0 Å². The van der Waals surface area contributed by atoms with Gasteiger partial charge in [0.1, 0.15) is 11.2 Å². The number of aryl methyl sites for hydroxylation is 2. The molecule has 11 heteroatoms. The molecule has 0 aliphatic heterocycles. The maximum Gasteiger partial charge on any atom is 0.283 e. The average Bonchev–Trinajstić information content (AvgIpc) is 3.09. The monoisotopic (exact) mass is 425 g/mol. The number of hydrogen-bond donors (Lipinski definition) is 2. The van der Waals surface area contributed by atoms with E-state index < -0.39 is 0 Å². The second-order valence-electron chi connectivity index (χ2n) is 6.06. The van der Waals surface area contributed by atoms with Crippen molar-refractivity contribution < 1.29 is 4.92 Å². The van der Waals surface area contributed by atoms with E-state index in [-0.39, 0.29) is 10.6 Å². The number of nitrogens with zero attached hydrogens (tertiary/aromatic N) is 5. The molecule has 0 amide bonds. The van der Waals surface area contributed by atoms with E-state index in [4.69, 9.17) is 0 Å². The van der Waals surface area contributed by atoms with Crippen LogP contribution in [0.4, 0.5) is 17.5 Å². The molecule has 0 fully saturated rings. The fourth-order valence-corrected chi connectivity index (χ4v) is 4.88. The first kappa shape index (κ1) is 19.0. The molecule has 0 aliphatic rings. The number of nitrogens with one attached hydrogen (secondary N) is 2. The van der Waals surface area contributed by atoms with Crippen molar-refractivity contribution in [3.63, 3.8) is 0 Å². The number of fused-ring (bicyclic) bond motifs is 1. The Kier molecular flexibility index (Phi) is 5.23. The van der Waals surface area contributed by atoms with Crippen molar-refractivity contribution in [3.8, 4) is 0 Å². The number of anilines is 2. The molecule has 0 atom stereocenters. The summed E-state index contributed by atoms with van der Waals surface area (Å²) in [5.41, 5.74) is 7.78. The Morgan fingerprint density at radius 2 is 1.83 bits per heavy atom. The van der Waals surface area contributed by atoms with Crippen LogP contribution < -0.4 is 10.9 Å². The van der Waals surface area contributed by atoms with E-state index in [0.717, 1.165) is 25.8 Å². The van der Waals surface area contributed by atoms with Crippen molar-refractivity contribution in [1.82, 2.24) is 19.9 Å². The zero-order chi connectivity index (χ0) is 20.4. The fraction of sp³-hybridized carbons (Fsp3) is 0.111. The Morgan fingerprint density at radius 3 is 2.59 bits per heavy atom. The molecule has 0 saturated carbocycles. The molecule has 3 aromatic heterocycles. The Balaban J connectivity index is 1.60. The number of para-hydroxylation sites is 1. The van der Waals surface area contributed by atoms with Gasteiger partial charge in [0.25, 0.3) is 5.69 Å². The van der Waals surface area contributed by atoms with E-state index >= 15 is 0 Å². The molecular formula is C18H15N7O2S2. The molecule has 2 N–H and O–H groups in total. The third-order valence-corrected chi connectivity index (χ3v) is 6.08. The summed E-state index contributed by atoms with van der Waals surface area (Å²) in [5, 5.41) is 12.1. The summed E-state index contributed by atoms with van der Waals surface area (Å²) in [4.78, 5) is 29.5. The maximum absolute atomic E-state index is 11.2. The normalized spacial score (nSPS) is 10.8. The smallest absolute Gasteiger partial charge is 0.281 e. The van der Waals surface area contributed by atoms with Crippen molar-refractivity contribution in [2.75, 3.05) is 10.9 Å². The Morgan fingerprint density at radius 1 is 1.07 bits per heavy atom. The second kappa shape index (κ2) is 7.97. The lowest BCUT2D eigenvalue weighted by atomic mass is 10.3. The lowest BCUT2D eigenvalue weighted by Gasteiger charge is -2.09. The van der Waals surface area contributed by atoms with Gasteiger partial charge >= 0.3 is 0 Å². The number of nitro benzene ring substituents is 1. The molecule has 0 unspecified atom stereocenters. The van der Waals surface area contributed by atoms with Gasteiger partial charge in [0.2, 0.25) is 5.95 Å². The van der Waals surface area contributed by atoms with Crippen molar-refractivity contribution in [2.45, 2.75) is 23.0 Å². The van der Waals surface area contributed by atoms with Crippen LogP contribution >= 0.6 is 23.1 Å². The zero-order valence-electron chi connectivity index (χ0n) is 15.4. The number of hydrazine groups is 1. The van der Waals surface area contributed by atoms with Crippen molar-refractivity contribution in [3.05, 3.63) is 64.2 Å². The van der Waals surface area contributed by atoms with Crippen LogP contribution in [-0.4, -0.2) is 24.9 Å². The molecular weight excluding hydrogens is 410 g/mol. The number of thiophene rings is 1. The van der Waals surface area contributed by atoms with Crippen LogP contribution in [0, 0.1) is 24.0 Å². The van der Waals surface area contributed by atoms with Crippen LogP contribution in [0.15, 0.2) is 51.8 Å².